The first-order valence-corrected chi connectivity index (χ1v) is 8.28. The molecule has 2 aliphatic rings. The van der Waals surface area contributed by atoms with Crippen LogP contribution < -0.4 is 5.73 Å². The van der Waals surface area contributed by atoms with E-state index in [2.05, 4.69) is 17.1 Å². The van der Waals surface area contributed by atoms with Crippen molar-refractivity contribution in [3.05, 3.63) is 11.7 Å². The van der Waals surface area contributed by atoms with E-state index in [0.717, 1.165) is 36.9 Å². The van der Waals surface area contributed by atoms with E-state index in [-0.39, 0.29) is 5.54 Å². The molecule has 4 nitrogen and oxygen atoms in total. The Balaban J connectivity index is 1.60. The van der Waals surface area contributed by atoms with Crippen LogP contribution in [-0.2, 0) is 12.0 Å². The first-order valence-electron chi connectivity index (χ1n) is 8.28. The normalized spacial score (nSPS) is 31.8. The quantitative estimate of drug-likeness (QED) is 0.914. The zero-order chi connectivity index (χ0) is 14.0. The largest absolute Gasteiger partial charge is 0.339 e. The van der Waals surface area contributed by atoms with E-state index in [0.29, 0.717) is 5.92 Å². The van der Waals surface area contributed by atoms with Gasteiger partial charge < -0.3 is 10.3 Å². The first kappa shape index (κ1) is 14.1. The van der Waals surface area contributed by atoms with E-state index in [9.17, 15) is 0 Å². The number of hydrogen-bond donors (Lipinski definition) is 1. The van der Waals surface area contributed by atoms with Crippen LogP contribution in [0.3, 0.4) is 0 Å². The van der Waals surface area contributed by atoms with Gasteiger partial charge in [-0.3, -0.25) is 0 Å². The van der Waals surface area contributed by atoms with Crippen molar-refractivity contribution in [3.8, 4) is 0 Å². The Labute approximate surface area is 121 Å². The van der Waals surface area contributed by atoms with E-state index in [1.165, 1.54) is 44.9 Å². The molecule has 0 spiro atoms. The SMILES string of the molecule is CC1CCCC(N)(c2noc(CCC3CCCC3)n2)C1. The second-order valence-corrected chi connectivity index (χ2v) is 7.06. The minimum absolute atomic E-state index is 0.354. The lowest BCUT2D eigenvalue weighted by molar-refractivity contribution is 0.221. The summed E-state index contributed by atoms with van der Waals surface area (Å²) in [6.45, 7) is 2.27. The lowest BCUT2D eigenvalue weighted by Crippen LogP contribution is -2.42. The van der Waals surface area contributed by atoms with Crippen LogP contribution >= 0.6 is 0 Å². The maximum absolute atomic E-state index is 6.52. The fourth-order valence-electron chi connectivity index (χ4n) is 3.98. The second kappa shape index (κ2) is 5.84. The molecule has 1 aromatic heterocycles. The standard InChI is InChI=1S/C16H27N3O/c1-12-5-4-10-16(17,11-12)15-18-14(20-19-15)9-8-13-6-2-3-7-13/h12-13H,2-11,17H2,1H3. The topological polar surface area (TPSA) is 64.9 Å². The molecule has 2 atom stereocenters. The van der Waals surface area contributed by atoms with Crippen molar-refractivity contribution in [2.75, 3.05) is 0 Å². The Hall–Kier alpha value is -0.900. The summed E-state index contributed by atoms with van der Waals surface area (Å²) in [5.74, 6) is 3.06. The first-order chi connectivity index (χ1) is 9.66. The fraction of sp³-hybridized carbons (Fsp3) is 0.875. The van der Waals surface area contributed by atoms with Crippen LogP contribution in [0.4, 0.5) is 0 Å². The summed E-state index contributed by atoms with van der Waals surface area (Å²) in [5.41, 5.74) is 6.16. The Morgan fingerprint density at radius 2 is 2.05 bits per heavy atom. The molecule has 4 heteroatoms. The molecular formula is C16H27N3O. The van der Waals surface area contributed by atoms with Gasteiger partial charge in [0.1, 0.15) is 0 Å². The van der Waals surface area contributed by atoms with Gasteiger partial charge in [0.25, 0.3) is 0 Å². The van der Waals surface area contributed by atoms with Crippen LogP contribution in [0.25, 0.3) is 0 Å². The molecular weight excluding hydrogens is 250 g/mol. The average molecular weight is 277 g/mol. The molecule has 2 N–H and O–H groups in total. The van der Waals surface area contributed by atoms with Gasteiger partial charge >= 0.3 is 0 Å². The number of nitrogens with two attached hydrogens (primary N) is 1. The Morgan fingerprint density at radius 3 is 2.80 bits per heavy atom. The van der Waals surface area contributed by atoms with Gasteiger partial charge in [0.05, 0.1) is 5.54 Å². The molecule has 0 amide bonds. The molecule has 2 fully saturated rings. The Bertz CT molecular complexity index is 439. The van der Waals surface area contributed by atoms with Crippen molar-refractivity contribution in [2.24, 2.45) is 17.6 Å². The number of rotatable bonds is 4. The van der Waals surface area contributed by atoms with Crippen molar-refractivity contribution in [2.45, 2.75) is 76.7 Å². The predicted molar refractivity (Wildman–Crippen MR) is 78.1 cm³/mol. The van der Waals surface area contributed by atoms with Crippen LogP contribution in [0, 0.1) is 11.8 Å². The highest BCUT2D eigenvalue weighted by Crippen LogP contribution is 2.36. The summed E-state index contributed by atoms with van der Waals surface area (Å²) in [6, 6.07) is 0. The molecule has 3 rings (SSSR count). The van der Waals surface area contributed by atoms with Gasteiger partial charge in [-0.15, -0.1) is 0 Å². The smallest absolute Gasteiger partial charge is 0.226 e. The van der Waals surface area contributed by atoms with Crippen LogP contribution in [-0.4, -0.2) is 10.1 Å². The molecule has 20 heavy (non-hydrogen) atoms. The van der Waals surface area contributed by atoms with Crippen LogP contribution in [0.2, 0.25) is 0 Å². The van der Waals surface area contributed by atoms with Crippen molar-refractivity contribution in [1.29, 1.82) is 0 Å². The van der Waals surface area contributed by atoms with Crippen LogP contribution in [0.5, 0.6) is 0 Å². The third kappa shape index (κ3) is 3.05. The Morgan fingerprint density at radius 1 is 1.25 bits per heavy atom. The van der Waals surface area contributed by atoms with Crippen molar-refractivity contribution < 1.29 is 4.52 Å². The highest BCUT2D eigenvalue weighted by molar-refractivity contribution is 5.06. The molecule has 2 unspecified atom stereocenters. The Kier molecular flexibility index (Phi) is 4.11. The van der Waals surface area contributed by atoms with E-state index in [1.807, 2.05) is 0 Å². The molecule has 0 radical (unpaired) electrons. The highest BCUT2D eigenvalue weighted by atomic mass is 16.5. The van der Waals surface area contributed by atoms with Gasteiger partial charge in [0.2, 0.25) is 5.89 Å². The maximum atomic E-state index is 6.52. The molecule has 0 aliphatic heterocycles. The van der Waals surface area contributed by atoms with E-state index < -0.39 is 0 Å². The van der Waals surface area contributed by atoms with Crippen molar-refractivity contribution >= 4 is 0 Å². The van der Waals surface area contributed by atoms with E-state index in [1.54, 1.807) is 0 Å². The van der Waals surface area contributed by atoms with E-state index >= 15 is 0 Å². The number of hydrogen-bond acceptors (Lipinski definition) is 4. The van der Waals surface area contributed by atoms with Gasteiger partial charge in [-0.2, -0.15) is 4.98 Å². The monoisotopic (exact) mass is 277 g/mol. The third-order valence-electron chi connectivity index (χ3n) is 5.19. The zero-order valence-electron chi connectivity index (χ0n) is 12.6. The summed E-state index contributed by atoms with van der Waals surface area (Å²) < 4.78 is 5.44. The summed E-state index contributed by atoms with van der Waals surface area (Å²) in [6.07, 6.45) is 12.0. The third-order valence-corrected chi connectivity index (χ3v) is 5.19. The molecule has 0 bridgehead atoms. The maximum Gasteiger partial charge on any atom is 0.226 e. The van der Waals surface area contributed by atoms with Gasteiger partial charge in [-0.25, -0.2) is 0 Å². The van der Waals surface area contributed by atoms with Gasteiger partial charge in [-0.05, 0) is 31.1 Å². The van der Waals surface area contributed by atoms with Crippen molar-refractivity contribution in [1.82, 2.24) is 10.1 Å². The van der Waals surface area contributed by atoms with Crippen LogP contribution in [0.1, 0.15) is 76.4 Å². The molecule has 1 aromatic rings. The molecule has 2 aliphatic carbocycles. The molecule has 1 heterocycles. The minimum atomic E-state index is -0.354. The average Bonchev–Trinajstić information content (AvgIpc) is 3.08. The summed E-state index contributed by atoms with van der Waals surface area (Å²) in [5, 5.41) is 4.18. The molecule has 112 valence electrons. The molecule has 0 saturated heterocycles. The fourth-order valence-corrected chi connectivity index (χ4v) is 3.98. The van der Waals surface area contributed by atoms with Gasteiger partial charge in [0, 0.05) is 6.42 Å². The molecule has 0 aromatic carbocycles. The predicted octanol–water partition coefficient (Wildman–Crippen LogP) is 3.56. The number of aryl methyl sites for hydroxylation is 1. The summed E-state index contributed by atoms with van der Waals surface area (Å²) in [7, 11) is 0. The molecule has 2 saturated carbocycles. The summed E-state index contributed by atoms with van der Waals surface area (Å²) >= 11 is 0. The van der Waals surface area contributed by atoms with Gasteiger partial charge in [0.15, 0.2) is 5.82 Å². The summed E-state index contributed by atoms with van der Waals surface area (Å²) in [4.78, 5) is 4.60. The van der Waals surface area contributed by atoms with Crippen molar-refractivity contribution in [3.63, 3.8) is 0 Å². The zero-order valence-corrected chi connectivity index (χ0v) is 12.6. The number of aromatic nitrogens is 2. The van der Waals surface area contributed by atoms with E-state index in [4.69, 9.17) is 10.3 Å². The second-order valence-electron chi connectivity index (χ2n) is 7.06. The minimum Gasteiger partial charge on any atom is -0.339 e. The highest BCUT2D eigenvalue weighted by Gasteiger charge is 2.37. The lowest BCUT2D eigenvalue weighted by Gasteiger charge is -2.33. The van der Waals surface area contributed by atoms with Gasteiger partial charge in [-0.1, -0.05) is 50.6 Å². The lowest BCUT2D eigenvalue weighted by atomic mass is 9.76. The number of nitrogens with zero attached hydrogens (tertiary/aromatic N) is 2. The van der Waals surface area contributed by atoms with Crippen LogP contribution in [0.15, 0.2) is 4.52 Å².